The molecule has 0 amide bonds. The fourth-order valence-electron chi connectivity index (χ4n) is 4.78. The Morgan fingerprint density at radius 1 is 1.21 bits per heavy atom. The number of ether oxygens (including phenoxy) is 2. The highest BCUT2D eigenvalue weighted by molar-refractivity contribution is 6.30. The Balaban J connectivity index is 1.96. The third-order valence-electron chi connectivity index (χ3n) is 6.49. The molecule has 1 aliphatic heterocycles. The van der Waals surface area contributed by atoms with Crippen molar-refractivity contribution in [3.8, 4) is 11.1 Å². The number of unbranched alkanes of at least 4 members (excludes halogenated alkanes) is 1. The van der Waals surface area contributed by atoms with E-state index in [1.165, 1.54) is 0 Å². The smallest absolute Gasteiger partial charge is 0.337 e. The molecular weight excluding hydrogens is 450 g/mol. The summed E-state index contributed by atoms with van der Waals surface area (Å²) in [4.78, 5) is 12.5. The van der Waals surface area contributed by atoms with Gasteiger partial charge in [0.25, 0.3) is 0 Å². The monoisotopic (exact) mass is 481 g/mol. The average Bonchev–Trinajstić information content (AvgIpc) is 2.85. The van der Waals surface area contributed by atoms with E-state index in [0.29, 0.717) is 30.2 Å². The Hall–Kier alpha value is -2.44. The second-order valence-electron chi connectivity index (χ2n) is 8.79. The van der Waals surface area contributed by atoms with Crippen LogP contribution in [0.15, 0.2) is 48.5 Å². The molecule has 0 spiro atoms. The molecular formula is C28H32ClNO4. The second-order valence-corrected chi connectivity index (χ2v) is 9.22. The summed E-state index contributed by atoms with van der Waals surface area (Å²) in [5, 5.41) is 16.4. The summed E-state index contributed by atoms with van der Waals surface area (Å²) in [5.74, 6) is -0.980. The molecule has 2 atom stereocenters. The Morgan fingerprint density at radius 2 is 1.94 bits per heavy atom. The predicted octanol–water partition coefficient (Wildman–Crippen LogP) is 5.94. The van der Waals surface area contributed by atoms with E-state index in [0.717, 1.165) is 59.0 Å². The van der Waals surface area contributed by atoms with Crippen molar-refractivity contribution in [3.05, 3.63) is 70.2 Å². The largest absolute Gasteiger partial charge is 0.479 e. The molecule has 2 unspecified atom stereocenters. The van der Waals surface area contributed by atoms with Crippen LogP contribution in [-0.4, -0.2) is 43.5 Å². The summed E-state index contributed by atoms with van der Waals surface area (Å²) in [6.45, 7) is 6.78. The van der Waals surface area contributed by atoms with Crippen LogP contribution in [0.1, 0.15) is 42.6 Å². The van der Waals surface area contributed by atoms with Gasteiger partial charge in [-0.25, -0.2) is 4.79 Å². The van der Waals surface area contributed by atoms with Crippen molar-refractivity contribution in [2.45, 2.75) is 45.3 Å². The summed E-state index contributed by atoms with van der Waals surface area (Å²) in [7, 11) is 0. The van der Waals surface area contributed by atoms with E-state index in [1.807, 2.05) is 43.3 Å². The van der Waals surface area contributed by atoms with Gasteiger partial charge in [0.2, 0.25) is 0 Å². The molecule has 2 N–H and O–H groups in total. The van der Waals surface area contributed by atoms with Crippen molar-refractivity contribution in [2.75, 3.05) is 26.3 Å². The SMILES string of the molecule is CCCCOC(C(=O)O)c1c(C)c(CC2CNCCO2)c2ccccc2c1-c1ccc(Cl)cc1. The predicted molar refractivity (Wildman–Crippen MR) is 137 cm³/mol. The number of carbonyl (C=O) groups is 1. The first-order chi connectivity index (χ1) is 16.5. The van der Waals surface area contributed by atoms with Gasteiger partial charge in [-0.15, -0.1) is 0 Å². The maximum absolute atomic E-state index is 12.5. The first kappa shape index (κ1) is 24.7. The molecule has 0 bridgehead atoms. The number of hydrogen-bond donors (Lipinski definition) is 2. The van der Waals surface area contributed by atoms with Gasteiger partial charge in [-0.1, -0.05) is 61.3 Å². The Kier molecular flexibility index (Phi) is 8.22. The number of rotatable bonds is 9. The normalized spacial score (nSPS) is 17.1. The first-order valence-electron chi connectivity index (χ1n) is 12.0. The maximum atomic E-state index is 12.5. The summed E-state index contributed by atoms with van der Waals surface area (Å²) in [5.41, 5.74) is 4.58. The van der Waals surface area contributed by atoms with Crippen LogP contribution in [-0.2, 0) is 20.7 Å². The van der Waals surface area contributed by atoms with E-state index in [2.05, 4.69) is 24.4 Å². The van der Waals surface area contributed by atoms with Gasteiger partial charge in [0.15, 0.2) is 6.10 Å². The van der Waals surface area contributed by atoms with E-state index in [4.69, 9.17) is 21.1 Å². The Bertz CT molecular complexity index is 1140. The van der Waals surface area contributed by atoms with Gasteiger partial charge in [-0.2, -0.15) is 0 Å². The number of carboxylic acid groups (broad SMARTS) is 1. The van der Waals surface area contributed by atoms with Crippen molar-refractivity contribution < 1.29 is 19.4 Å². The van der Waals surface area contributed by atoms with Gasteiger partial charge in [0.1, 0.15) is 0 Å². The average molecular weight is 482 g/mol. The van der Waals surface area contributed by atoms with Crippen LogP contribution in [0, 0.1) is 6.92 Å². The second kappa shape index (κ2) is 11.3. The number of hydrogen-bond acceptors (Lipinski definition) is 4. The quantitative estimate of drug-likeness (QED) is 0.370. The number of halogens is 1. The number of morpholine rings is 1. The van der Waals surface area contributed by atoms with Crippen LogP contribution in [0.2, 0.25) is 5.02 Å². The highest BCUT2D eigenvalue weighted by Crippen LogP contribution is 2.42. The van der Waals surface area contributed by atoms with Crippen LogP contribution in [0.3, 0.4) is 0 Å². The van der Waals surface area contributed by atoms with E-state index in [9.17, 15) is 9.90 Å². The zero-order valence-corrected chi connectivity index (χ0v) is 20.5. The molecule has 1 heterocycles. The van der Waals surface area contributed by atoms with Gasteiger partial charge >= 0.3 is 5.97 Å². The number of nitrogens with one attached hydrogen (secondary N) is 1. The lowest BCUT2D eigenvalue weighted by Gasteiger charge is -2.28. The summed E-state index contributed by atoms with van der Waals surface area (Å²) < 4.78 is 12.0. The zero-order valence-electron chi connectivity index (χ0n) is 19.8. The molecule has 0 aromatic heterocycles. The molecule has 180 valence electrons. The summed E-state index contributed by atoms with van der Waals surface area (Å²) in [6.07, 6.45) is 1.42. The molecule has 0 saturated carbocycles. The van der Waals surface area contributed by atoms with E-state index in [-0.39, 0.29) is 6.10 Å². The first-order valence-corrected chi connectivity index (χ1v) is 12.4. The molecule has 1 aliphatic rings. The van der Waals surface area contributed by atoms with Crippen LogP contribution in [0.4, 0.5) is 0 Å². The van der Waals surface area contributed by atoms with Gasteiger partial charge in [-0.3, -0.25) is 0 Å². The van der Waals surface area contributed by atoms with Crippen molar-refractivity contribution >= 4 is 28.3 Å². The Morgan fingerprint density at radius 3 is 2.59 bits per heavy atom. The van der Waals surface area contributed by atoms with Crippen LogP contribution in [0.25, 0.3) is 21.9 Å². The van der Waals surface area contributed by atoms with E-state index < -0.39 is 12.1 Å². The third-order valence-corrected chi connectivity index (χ3v) is 6.74. The lowest BCUT2D eigenvalue weighted by atomic mass is 9.82. The van der Waals surface area contributed by atoms with Gasteiger partial charge in [-0.05, 0) is 58.5 Å². The number of fused-ring (bicyclic) bond motifs is 1. The minimum absolute atomic E-state index is 0.0365. The molecule has 4 rings (SSSR count). The Labute approximate surface area is 206 Å². The summed E-state index contributed by atoms with van der Waals surface area (Å²) >= 11 is 6.18. The van der Waals surface area contributed by atoms with Crippen molar-refractivity contribution in [1.82, 2.24) is 5.32 Å². The van der Waals surface area contributed by atoms with Crippen LogP contribution < -0.4 is 5.32 Å². The molecule has 0 radical (unpaired) electrons. The number of benzene rings is 3. The molecule has 1 fully saturated rings. The molecule has 3 aromatic rings. The molecule has 34 heavy (non-hydrogen) atoms. The van der Waals surface area contributed by atoms with E-state index in [1.54, 1.807) is 0 Å². The topological polar surface area (TPSA) is 67.8 Å². The highest BCUT2D eigenvalue weighted by Gasteiger charge is 2.30. The standard InChI is InChI=1S/C28H32ClNO4/c1-3-4-14-34-27(28(31)32)25-18(2)24(16-21-17-30-13-15-33-21)22-7-5-6-8-23(22)26(25)19-9-11-20(29)12-10-19/h5-12,21,27,30H,3-4,13-17H2,1-2H3,(H,31,32). The minimum Gasteiger partial charge on any atom is -0.479 e. The van der Waals surface area contributed by atoms with Crippen molar-refractivity contribution in [3.63, 3.8) is 0 Å². The van der Waals surface area contributed by atoms with Gasteiger partial charge in [0, 0.05) is 36.7 Å². The van der Waals surface area contributed by atoms with Gasteiger partial charge < -0.3 is 19.9 Å². The molecule has 5 nitrogen and oxygen atoms in total. The van der Waals surface area contributed by atoms with Crippen molar-refractivity contribution in [1.29, 1.82) is 0 Å². The van der Waals surface area contributed by atoms with Crippen LogP contribution in [0.5, 0.6) is 0 Å². The fourth-order valence-corrected chi connectivity index (χ4v) is 4.91. The molecule has 3 aromatic carbocycles. The molecule has 0 aliphatic carbocycles. The van der Waals surface area contributed by atoms with Gasteiger partial charge in [0.05, 0.1) is 12.7 Å². The molecule has 6 heteroatoms. The van der Waals surface area contributed by atoms with E-state index >= 15 is 0 Å². The van der Waals surface area contributed by atoms with Crippen LogP contribution >= 0.6 is 11.6 Å². The summed E-state index contributed by atoms with van der Waals surface area (Å²) in [6, 6.07) is 15.8. The number of carboxylic acids is 1. The highest BCUT2D eigenvalue weighted by atomic mass is 35.5. The molecule has 1 saturated heterocycles. The zero-order chi connectivity index (χ0) is 24.1. The fraction of sp³-hybridized carbons (Fsp3) is 0.393. The number of aliphatic carboxylic acids is 1. The lowest BCUT2D eigenvalue weighted by Crippen LogP contribution is -2.39. The maximum Gasteiger partial charge on any atom is 0.337 e. The van der Waals surface area contributed by atoms with Crippen molar-refractivity contribution in [2.24, 2.45) is 0 Å². The third kappa shape index (κ3) is 5.28. The lowest BCUT2D eigenvalue weighted by molar-refractivity contribution is -0.151. The minimum atomic E-state index is -1.06.